The Morgan fingerprint density at radius 2 is 2.05 bits per heavy atom. The largest absolute Gasteiger partial charge is 0.355 e. The second kappa shape index (κ2) is 8.29. The molecule has 21 heavy (non-hydrogen) atoms. The molecule has 1 saturated heterocycles. The quantitative estimate of drug-likeness (QED) is 0.811. The van der Waals surface area contributed by atoms with E-state index in [0.29, 0.717) is 18.5 Å². The molecular weight excluding hydrogens is 334 g/mol. The summed E-state index contributed by atoms with van der Waals surface area (Å²) in [5.74, 6) is 0.789. The number of hydrogen-bond acceptors (Lipinski definition) is 5. The minimum atomic E-state index is 0.125. The molecule has 1 amide bonds. The van der Waals surface area contributed by atoms with Crippen molar-refractivity contribution in [2.24, 2.45) is 0 Å². The van der Waals surface area contributed by atoms with E-state index in [4.69, 9.17) is 0 Å². The van der Waals surface area contributed by atoms with Crippen molar-refractivity contribution in [3.05, 3.63) is 16.9 Å². The van der Waals surface area contributed by atoms with Crippen LogP contribution in [0.1, 0.15) is 26.2 Å². The van der Waals surface area contributed by atoms with Gasteiger partial charge in [0, 0.05) is 38.1 Å². The maximum Gasteiger partial charge on any atom is 0.234 e. The lowest BCUT2D eigenvalue weighted by molar-refractivity contribution is -0.122. The number of anilines is 1. The fourth-order valence-corrected chi connectivity index (χ4v) is 2.53. The van der Waals surface area contributed by atoms with Gasteiger partial charge in [0.2, 0.25) is 11.9 Å². The maximum absolute atomic E-state index is 11.7. The topological polar surface area (TPSA) is 70.2 Å². The van der Waals surface area contributed by atoms with Gasteiger partial charge < -0.3 is 10.6 Å². The van der Waals surface area contributed by atoms with Crippen LogP contribution in [0.3, 0.4) is 0 Å². The molecule has 2 N–H and O–H groups in total. The predicted octanol–water partition coefficient (Wildman–Crippen LogP) is 1.64. The normalized spacial score (nSPS) is 16.7. The zero-order valence-corrected chi connectivity index (χ0v) is 13.9. The van der Waals surface area contributed by atoms with Crippen molar-refractivity contribution < 1.29 is 4.79 Å². The second-order valence-corrected chi connectivity index (χ2v) is 6.19. The van der Waals surface area contributed by atoms with Gasteiger partial charge in [-0.15, -0.1) is 0 Å². The van der Waals surface area contributed by atoms with Crippen molar-refractivity contribution in [2.45, 2.75) is 32.2 Å². The van der Waals surface area contributed by atoms with Gasteiger partial charge in [-0.25, -0.2) is 9.97 Å². The van der Waals surface area contributed by atoms with E-state index in [1.54, 1.807) is 12.4 Å². The summed E-state index contributed by atoms with van der Waals surface area (Å²) >= 11 is 3.32. The van der Waals surface area contributed by atoms with Crippen molar-refractivity contribution in [1.29, 1.82) is 0 Å². The van der Waals surface area contributed by atoms with Crippen LogP contribution >= 0.6 is 15.9 Å². The standard InChI is InChI=1S/C14H22BrN5O/c1-2-5-16-13(21)10-20-6-3-12(4-7-20)19-14-17-8-11(15)9-18-14/h8-9,12H,2-7,10H2,1H3,(H,16,21)(H,17,18,19). The van der Waals surface area contributed by atoms with Gasteiger partial charge in [0.05, 0.1) is 11.0 Å². The van der Waals surface area contributed by atoms with Gasteiger partial charge in [-0.2, -0.15) is 0 Å². The molecule has 0 aromatic carbocycles. The number of amides is 1. The number of halogens is 1. The average Bonchev–Trinajstić information content (AvgIpc) is 2.49. The molecule has 2 rings (SSSR count). The van der Waals surface area contributed by atoms with Gasteiger partial charge >= 0.3 is 0 Å². The number of carbonyl (C=O) groups is 1. The molecule has 0 aliphatic carbocycles. The van der Waals surface area contributed by atoms with E-state index in [2.05, 4.69) is 48.4 Å². The molecule has 0 saturated carbocycles. The predicted molar refractivity (Wildman–Crippen MR) is 86.1 cm³/mol. The lowest BCUT2D eigenvalue weighted by Gasteiger charge is -2.31. The lowest BCUT2D eigenvalue weighted by Crippen LogP contribution is -2.44. The third-order valence-electron chi connectivity index (χ3n) is 3.48. The highest BCUT2D eigenvalue weighted by atomic mass is 79.9. The summed E-state index contributed by atoms with van der Waals surface area (Å²) in [5, 5.41) is 6.26. The van der Waals surface area contributed by atoms with Crippen LogP contribution in [0.5, 0.6) is 0 Å². The number of piperidine rings is 1. The summed E-state index contributed by atoms with van der Waals surface area (Å²) in [6.45, 7) is 5.17. The van der Waals surface area contributed by atoms with Gasteiger partial charge in [0.15, 0.2) is 0 Å². The Kier molecular flexibility index (Phi) is 6.38. The number of carbonyl (C=O) groups excluding carboxylic acids is 1. The van der Waals surface area contributed by atoms with Gasteiger partial charge in [-0.05, 0) is 35.2 Å². The van der Waals surface area contributed by atoms with Crippen LogP contribution in [0.25, 0.3) is 0 Å². The zero-order chi connectivity index (χ0) is 15.1. The number of hydrogen-bond donors (Lipinski definition) is 2. The van der Waals surface area contributed by atoms with E-state index in [1.165, 1.54) is 0 Å². The second-order valence-electron chi connectivity index (χ2n) is 5.27. The van der Waals surface area contributed by atoms with Crippen LogP contribution in [-0.4, -0.2) is 53.0 Å². The highest BCUT2D eigenvalue weighted by Gasteiger charge is 2.21. The Bertz CT molecular complexity index is 445. The van der Waals surface area contributed by atoms with Gasteiger partial charge in [-0.3, -0.25) is 9.69 Å². The SMILES string of the molecule is CCCNC(=O)CN1CCC(Nc2ncc(Br)cn2)CC1. The number of rotatable bonds is 6. The first-order valence-corrected chi connectivity index (χ1v) is 8.20. The van der Waals surface area contributed by atoms with Crippen LogP contribution in [0.2, 0.25) is 0 Å². The van der Waals surface area contributed by atoms with E-state index < -0.39 is 0 Å². The molecule has 116 valence electrons. The van der Waals surface area contributed by atoms with Crippen LogP contribution < -0.4 is 10.6 Å². The minimum absolute atomic E-state index is 0.125. The number of nitrogens with one attached hydrogen (secondary N) is 2. The van der Waals surface area contributed by atoms with Crippen molar-refractivity contribution in [3.63, 3.8) is 0 Å². The smallest absolute Gasteiger partial charge is 0.234 e. The van der Waals surface area contributed by atoms with Gasteiger partial charge in [-0.1, -0.05) is 6.92 Å². The molecule has 0 spiro atoms. The molecular formula is C14H22BrN5O. The third-order valence-corrected chi connectivity index (χ3v) is 3.89. The highest BCUT2D eigenvalue weighted by Crippen LogP contribution is 2.14. The molecule has 0 unspecified atom stereocenters. The molecule has 1 aromatic rings. The summed E-state index contributed by atoms with van der Waals surface area (Å²) in [4.78, 5) is 22.3. The third kappa shape index (κ3) is 5.59. The molecule has 1 aliphatic rings. The summed E-state index contributed by atoms with van der Waals surface area (Å²) < 4.78 is 0.876. The molecule has 1 aliphatic heterocycles. The summed E-state index contributed by atoms with van der Waals surface area (Å²) in [6, 6.07) is 0.376. The maximum atomic E-state index is 11.7. The molecule has 0 radical (unpaired) electrons. The van der Waals surface area contributed by atoms with Crippen molar-refractivity contribution in [3.8, 4) is 0 Å². The molecule has 1 aromatic heterocycles. The van der Waals surface area contributed by atoms with Gasteiger partial charge in [0.1, 0.15) is 0 Å². The van der Waals surface area contributed by atoms with E-state index in [1.807, 2.05) is 0 Å². The molecule has 0 bridgehead atoms. The summed E-state index contributed by atoms with van der Waals surface area (Å²) in [7, 11) is 0. The zero-order valence-electron chi connectivity index (χ0n) is 12.3. The van der Waals surface area contributed by atoms with Crippen molar-refractivity contribution in [1.82, 2.24) is 20.2 Å². The number of likely N-dealkylation sites (tertiary alicyclic amines) is 1. The Hall–Kier alpha value is -1.21. The highest BCUT2D eigenvalue weighted by molar-refractivity contribution is 9.10. The number of aromatic nitrogens is 2. The van der Waals surface area contributed by atoms with E-state index in [9.17, 15) is 4.79 Å². The summed E-state index contributed by atoms with van der Waals surface area (Å²) in [6.07, 6.45) is 6.46. The van der Waals surface area contributed by atoms with E-state index in [-0.39, 0.29) is 5.91 Å². The fraction of sp³-hybridized carbons (Fsp3) is 0.643. The summed E-state index contributed by atoms with van der Waals surface area (Å²) in [5.41, 5.74) is 0. The first-order valence-electron chi connectivity index (χ1n) is 7.40. The first kappa shape index (κ1) is 16.2. The molecule has 2 heterocycles. The fourth-order valence-electron chi connectivity index (χ4n) is 2.33. The lowest BCUT2D eigenvalue weighted by atomic mass is 10.1. The van der Waals surface area contributed by atoms with Crippen molar-refractivity contribution in [2.75, 3.05) is 31.5 Å². The van der Waals surface area contributed by atoms with Gasteiger partial charge in [0.25, 0.3) is 0 Å². The van der Waals surface area contributed by atoms with Crippen LogP contribution in [0, 0.1) is 0 Å². The Morgan fingerprint density at radius 3 is 2.67 bits per heavy atom. The van der Waals surface area contributed by atoms with Crippen molar-refractivity contribution >= 4 is 27.8 Å². The van der Waals surface area contributed by atoms with Crippen LogP contribution in [0.4, 0.5) is 5.95 Å². The Labute approximate surface area is 133 Å². The number of nitrogens with zero attached hydrogens (tertiary/aromatic N) is 3. The van der Waals surface area contributed by atoms with E-state index in [0.717, 1.165) is 43.4 Å². The molecule has 7 heteroatoms. The Morgan fingerprint density at radius 1 is 1.38 bits per heavy atom. The van der Waals surface area contributed by atoms with E-state index >= 15 is 0 Å². The molecule has 1 fully saturated rings. The molecule has 0 atom stereocenters. The monoisotopic (exact) mass is 355 g/mol. The minimum Gasteiger partial charge on any atom is -0.355 e. The van der Waals surface area contributed by atoms with Crippen LogP contribution in [-0.2, 0) is 4.79 Å². The Balaban J connectivity index is 1.70. The average molecular weight is 356 g/mol. The molecule has 6 nitrogen and oxygen atoms in total. The first-order chi connectivity index (χ1) is 10.2. The van der Waals surface area contributed by atoms with Crippen LogP contribution in [0.15, 0.2) is 16.9 Å².